The third-order valence-corrected chi connectivity index (χ3v) is 7.07. The van der Waals surface area contributed by atoms with Crippen LogP contribution in [0.4, 0.5) is 15.8 Å². The molecule has 1 aliphatic rings. The second-order valence-electron chi connectivity index (χ2n) is 7.30. The number of nitrogens with zero attached hydrogens (tertiary/aromatic N) is 3. The molecule has 11 nitrogen and oxygen atoms in total. The Morgan fingerprint density at radius 3 is 2.61 bits per heavy atom. The monoisotopic (exact) mass is 467 g/mol. The maximum atomic E-state index is 12.9. The second-order valence-corrected chi connectivity index (χ2v) is 10.0. The minimum Gasteiger partial charge on any atom is -0.312 e. The van der Waals surface area contributed by atoms with Crippen LogP contribution < -0.4 is 14.9 Å². The third-order valence-electron chi connectivity index (χ3n) is 4.77. The number of anilines is 2. The molecule has 1 aromatic heterocycles. The predicted octanol–water partition coefficient (Wildman–Crippen LogP) is 1.90. The van der Waals surface area contributed by atoms with Crippen LogP contribution in [0.15, 0.2) is 29.3 Å². The highest BCUT2D eigenvalue weighted by atomic mass is 32.2. The quantitative estimate of drug-likeness (QED) is 0.466. The molecule has 0 bridgehead atoms. The summed E-state index contributed by atoms with van der Waals surface area (Å²) in [5.74, 6) is -1.20. The summed E-state index contributed by atoms with van der Waals surface area (Å²) >= 11 is 0.677. The van der Waals surface area contributed by atoms with Gasteiger partial charge in [0.15, 0.2) is 5.13 Å². The Bertz CT molecular complexity index is 1140. The molecule has 3 rings (SSSR count). The molecule has 0 unspecified atom stereocenters. The second kappa shape index (κ2) is 8.69. The summed E-state index contributed by atoms with van der Waals surface area (Å²) in [6.07, 6.45) is 1.55. The normalized spacial score (nSPS) is 14.4. The molecule has 2 N–H and O–H groups in total. The summed E-state index contributed by atoms with van der Waals surface area (Å²) in [5, 5.41) is 13.0. The van der Waals surface area contributed by atoms with Gasteiger partial charge in [-0.05, 0) is 47.4 Å². The lowest BCUT2D eigenvalue weighted by Gasteiger charge is -2.21. The standard InChI is InChI=1S/C18H21N5O6S2/c1-10(2)16(17(25)20-18-19-9-15(30-18)23(26)27)21-31(28,29)13-4-5-14-12(8-13)6-7-22(14)11(3)24/h4-5,8-10,16,21H,6-7H2,1-3H3,(H,19,20,25)/t16-/m0/s1. The minimum absolute atomic E-state index is 0.00315. The first kappa shape index (κ1) is 22.8. The Hall–Kier alpha value is -2.90. The summed E-state index contributed by atoms with van der Waals surface area (Å²) < 4.78 is 28.3. The topological polar surface area (TPSA) is 152 Å². The molecule has 2 aromatic rings. The number of nitro groups is 1. The van der Waals surface area contributed by atoms with Crippen LogP contribution >= 0.6 is 11.3 Å². The van der Waals surface area contributed by atoms with Crippen molar-refractivity contribution in [3.05, 3.63) is 40.1 Å². The summed E-state index contributed by atoms with van der Waals surface area (Å²) in [6, 6.07) is 3.34. The molecule has 2 amide bonds. The fourth-order valence-electron chi connectivity index (χ4n) is 3.19. The number of thiazole rings is 1. The molecule has 13 heteroatoms. The van der Waals surface area contributed by atoms with E-state index in [0.717, 1.165) is 11.8 Å². The lowest BCUT2D eigenvalue weighted by molar-refractivity contribution is -0.380. The van der Waals surface area contributed by atoms with E-state index in [-0.39, 0.29) is 20.9 Å². The maximum absolute atomic E-state index is 12.9. The number of rotatable bonds is 7. The summed E-state index contributed by atoms with van der Waals surface area (Å²) in [6.45, 7) is 5.28. The van der Waals surface area contributed by atoms with Crippen LogP contribution in [0.2, 0.25) is 0 Å². The van der Waals surface area contributed by atoms with Gasteiger partial charge in [-0.3, -0.25) is 19.7 Å². The van der Waals surface area contributed by atoms with Crippen LogP contribution in [0.5, 0.6) is 0 Å². The Kier molecular flexibility index (Phi) is 6.38. The number of carbonyl (C=O) groups excluding carboxylic acids is 2. The van der Waals surface area contributed by atoms with E-state index in [1.165, 1.54) is 19.1 Å². The smallest absolute Gasteiger partial charge is 0.312 e. The molecule has 0 radical (unpaired) electrons. The molecule has 2 heterocycles. The van der Waals surface area contributed by atoms with Gasteiger partial charge < -0.3 is 10.2 Å². The van der Waals surface area contributed by atoms with Crippen molar-refractivity contribution < 1.29 is 22.9 Å². The van der Waals surface area contributed by atoms with Gasteiger partial charge in [-0.25, -0.2) is 13.4 Å². The van der Waals surface area contributed by atoms with Gasteiger partial charge in [0.25, 0.3) is 0 Å². The van der Waals surface area contributed by atoms with Crippen LogP contribution in [0.1, 0.15) is 26.3 Å². The molecule has 0 aliphatic carbocycles. The molecule has 1 atom stereocenters. The number of sulfonamides is 1. The summed E-state index contributed by atoms with van der Waals surface area (Å²) in [7, 11) is -4.05. The van der Waals surface area contributed by atoms with Crippen LogP contribution in [0.25, 0.3) is 0 Å². The SMILES string of the molecule is CC(=O)N1CCc2cc(S(=O)(=O)N[C@H](C(=O)Nc3ncc([N+](=O)[O-])s3)C(C)C)ccc21. The van der Waals surface area contributed by atoms with E-state index >= 15 is 0 Å². The van der Waals surface area contributed by atoms with Crippen molar-refractivity contribution in [2.24, 2.45) is 5.92 Å². The number of carbonyl (C=O) groups is 2. The average molecular weight is 468 g/mol. The third kappa shape index (κ3) is 4.89. The molecule has 1 aliphatic heterocycles. The predicted molar refractivity (Wildman–Crippen MR) is 115 cm³/mol. The number of aromatic nitrogens is 1. The molecule has 0 fully saturated rings. The highest BCUT2D eigenvalue weighted by molar-refractivity contribution is 7.89. The Labute approximate surface area is 182 Å². The number of nitrogens with one attached hydrogen (secondary N) is 2. The zero-order valence-corrected chi connectivity index (χ0v) is 18.6. The zero-order chi connectivity index (χ0) is 22.9. The van der Waals surface area contributed by atoms with E-state index in [9.17, 15) is 28.1 Å². The van der Waals surface area contributed by atoms with Crippen molar-refractivity contribution in [2.45, 2.75) is 38.1 Å². The van der Waals surface area contributed by atoms with Gasteiger partial charge in [-0.15, -0.1) is 0 Å². The van der Waals surface area contributed by atoms with E-state index in [4.69, 9.17) is 0 Å². The van der Waals surface area contributed by atoms with E-state index in [1.54, 1.807) is 24.8 Å². The largest absolute Gasteiger partial charge is 0.345 e. The lowest BCUT2D eigenvalue weighted by atomic mass is 10.1. The van der Waals surface area contributed by atoms with E-state index in [0.29, 0.717) is 30.0 Å². The van der Waals surface area contributed by atoms with E-state index < -0.39 is 32.8 Å². The molecule has 1 aromatic carbocycles. The van der Waals surface area contributed by atoms with Crippen molar-refractivity contribution >= 4 is 49.0 Å². The van der Waals surface area contributed by atoms with Gasteiger partial charge in [0.2, 0.25) is 21.8 Å². The first-order valence-electron chi connectivity index (χ1n) is 9.34. The van der Waals surface area contributed by atoms with Crippen molar-refractivity contribution in [1.29, 1.82) is 0 Å². The van der Waals surface area contributed by atoms with Gasteiger partial charge in [0, 0.05) is 19.2 Å². The number of amides is 2. The van der Waals surface area contributed by atoms with Crippen LogP contribution in [0.3, 0.4) is 0 Å². The fraction of sp³-hybridized carbons (Fsp3) is 0.389. The number of hydrogen-bond acceptors (Lipinski definition) is 8. The van der Waals surface area contributed by atoms with Gasteiger partial charge in [-0.2, -0.15) is 4.72 Å². The van der Waals surface area contributed by atoms with Gasteiger partial charge in [0.1, 0.15) is 12.2 Å². The highest BCUT2D eigenvalue weighted by Gasteiger charge is 2.31. The van der Waals surface area contributed by atoms with Gasteiger partial charge in [0.05, 0.1) is 9.82 Å². The maximum Gasteiger partial charge on any atom is 0.345 e. The molecular weight excluding hydrogens is 446 g/mol. The number of fused-ring (bicyclic) bond motifs is 1. The van der Waals surface area contributed by atoms with Gasteiger partial charge >= 0.3 is 5.00 Å². The summed E-state index contributed by atoms with van der Waals surface area (Å²) in [5.41, 5.74) is 1.41. The van der Waals surface area contributed by atoms with Crippen molar-refractivity contribution in [1.82, 2.24) is 9.71 Å². The van der Waals surface area contributed by atoms with E-state index in [2.05, 4.69) is 15.0 Å². The number of hydrogen-bond donors (Lipinski definition) is 2. The van der Waals surface area contributed by atoms with Gasteiger partial charge in [-0.1, -0.05) is 13.8 Å². The summed E-state index contributed by atoms with van der Waals surface area (Å²) in [4.78, 5) is 39.8. The van der Waals surface area contributed by atoms with Crippen molar-refractivity contribution in [3.63, 3.8) is 0 Å². The van der Waals surface area contributed by atoms with Crippen LogP contribution in [-0.4, -0.2) is 42.7 Å². The molecule has 166 valence electrons. The first-order chi connectivity index (χ1) is 14.5. The Balaban J connectivity index is 1.79. The van der Waals surface area contributed by atoms with Crippen molar-refractivity contribution in [3.8, 4) is 0 Å². The molecule has 0 saturated carbocycles. The molecule has 31 heavy (non-hydrogen) atoms. The molecule has 0 saturated heterocycles. The van der Waals surface area contributed by atoms with Crippen LogP contribution in [0, 0.1) is 16.0 Å². The average Bonchev–Trinajstić information content (AvgIpc) is 3.32. The molecule has 0 spiro atoms. The Morgan fingerprint density at radius 2 is 2.03 bits per heavy atom. The fourth-order valence-corrected chi connectivity index (χ4v) is 5.22. The van der Waals surface area contributed by atoms with E-state index in [1.807, 2.05) is 0 Å². The zero-order valence-electron chi connectivity index (χ0n) is 17.0. The first-order valence-corrected chi connectivity index (χ1v) is 11.6. The van der Waals surface area contributed by atoms with Crippen LogP contribution in [-0.2, 0) is 26.0 Å². The van der Waals surface area contributed by atoms with Crippen molar-refractivity contribution in [2.75, 3.05) is 16.8 Å². The number of benzene rings is 1. The molecular formula is C18H21N5O6S2. The highest BCUT2D eigenvalue weighted by Crippen LogP contribution is 2.30. The Morgan fingerprint density at radius 1 is 1.32 bits per heavy atom. The minimum atomic E-state index is -4.05. The lowest BCUT2D eigenvalue weighted by Crippen LogP contribution is -2.47.